The largest absolute Gasteiger partial charge is 0.375 e. The van der Waals surface area contributed by atoms with Crippen molar-refractivity contribution < 1.29 is 0 Å². The second-order valence-electron chi connectivity index (χ2n) is 5.43. The number of nitrogens with two attached hydrogens (primary N) is 1. The van der Waals surface area contributed by atoms with E-state index in [1.807, 2.05) is 11.3 Å². The number of aromatic nitrogens is 1. The summed E-state index contributed by atoms with van der Waals surface area (Å²) < 4.78 is 1.17. The third-order valence-electron chi connectivity index (χ3n) is 3.52. The SMILES string of the molecule is CC(C)N(Cc1ccc2nc(N)sc2c1)Cc1cccs1. The smallest absolute Gasteiger partial charge is 0.181 e. The van der Waals surface area contributed by atoms with Crippen molar-refractivity contribution in [1.82, 2.24) is 9.88 Å². The van der Waals surface area contributed by atoms with Gasteiger partial charge in [0.15, 0.2) is 5.13 Å². The van der Waals surface area contributed by atoms with Crippen molar-refractivity contribution in [2.45, 2.75) is 33.0 Å². The van der Waals surface area contributed by atoms with Gasteiger partial charge >= 0.3 is 0 Å². The van der Waals surface area contributed by atoms with Gasteiger partial charge in [0.05, 0.1) is 10.2 Å². The van der Waals surface area contributed by atoms with Gasteiger partial charge in [0, 0.05) is 24.0 Å². The fourth-order valence-electron chi connectivity index (χ4n) is 2.34. The Balaban J connectivity index is 1.80. The molecule has 3 rings (SSSR count). The molecule has 0 atom stereocenters. The normalized spacial score (nSPS) is 11.8. The molecule has 5 heteroatoms. The molecule has 3 aromatic rings. The molecule has 0 saturated heterocycles. The Morgan fingerprint density at radius 3 is 2.81 bits per heavy atom. The van der Waals surface area contributed by atoms with Crippen molar-refractivity contribution in [3.63, 3.8) is 0 Å². The van der Waals surface area contributed by atoms with E-state index in [1.54, 1.807) is 11.3 Å². The van der Waals surface area contributed by atoms with Crippen LogP contribution in [0.5, 0.6) is 0 Å². The molecule has 0 bridgehead atoms. The van der Waals surface area contributed by atoms with Crippen LogP contribution in [-0.4, -0.2) is 15.9 Å². The molecule has 0 spiro atoms. The maximum Gasteiger partial charge on any atom is 0.181 e. The summed E-state index contributed by atoms with van der Waals surface area (Å²) in [6.45, 7) is 6.44. The van der Waals surface area contributed by atoms with Crippen LogP contribution in [0.1, 0.15) is 24.3 Å². The summed E-state index contributed by atoms with van der Waals surface area (Å²) in [5.74, 6) is 0. The third kappa shape index (κ3) is 3.43. The average Bonchev–Trinajstić information content (AvgIpc) is 3.05. The molecule has 0 amide bonds. The van der Waals surface area contributed by atoms with E-state index in [4.69, 9.17) is 5.73 Å². The molecule has 0 aliphatic carbocycles. The van der Waals surface area contributed by atoms with Gasteiger partial charge in [0.2, 0.25) is 0 Å². The van der Waals surface area contributed by atoms with Gasteiger partial charge in [-0.3, -0.25) is 4.90 Å². The highest BCUT2D eigenvalue weighted by atomic mass is 32.1. The molecule has 110 valence electrons. The Labute approximate surface area is 133 Å². The van der Waals surface area contributed by atoms with Crippen LogP contribution >= 0.6 is 22.7 Å². The Bertz CT molecular complexity index is 716. The molecule has 0 aliphatic heterocycles. The van der Waals surface area contributed by atoms with Crippen LogP contribution in [0.2, 0.25) is 0 Å². The highest BCUT2D eigenvalue weighted by Gasteiger charge is 2.12. The summed E-state index contributed by atoms with van der Waals surface area (Å²) in [5, 5.41) is 2.78. The number of hydrogen-bond donors (Lipinski definition) is 1. The first-order chi connectivity index (χ1) is 10.1. The molecule has 0 aliphatic rings. The zero-order chi connectivity index (χ0) is 14.8. The van der Waals surface area contributed by atoms with Gasteiger partial charge in [-0.25, -0.2) is 4.98 Å². The zero-order valence-corrected chi connectivity index (χ0v) is 13.9. The standard InChI is InChI=1S/C16H19N3S2/c1-11(2)19(10-13-4-3-7-20-13)9-12-5-6-14-15(8-12)21-16(17)18-14/h3-8,11H,9-10H2,1-2H3,(H2,17,18). The van der Waals surface area contributed by atoms with Crippen LogP contribution in [0, 0.1) is 0 Å². The predicted octanol–water partition coefficient (Wildman–Crippen LogP) is 4.35. The van der Waals surface area contributed by atoms with Gasteiger partial charge in [-0.05, 0) is 43.0 Å². The first-order valence-electron chi connectivity index (χ1n) is 7.03. The number of thiophene rings is 1. The van der Waals surface area contributed by atoms with Crippen LogP contribution in [0.4, 0.5) is 5.13 Å². The molecule has 1 aromatic carbocycles. The number of anilines is 1. The number of hydrogen-bond acceptors (Lipinski definition) is 5. The minimum Gasteiger partial charge on any atom is -0.375 e. The van der Waals surface area contributed by atoms with Crippen molar-refractivity contribution >= 4 is 38.0 Å². The van der Waals surface area contributed by atoms with E-state index in [0.717, 1.165) is 18.6 Å². The van der Waals surface area contributed by atoms with Crippen molar-refractivity contribution in [1.29, 1.82) is 0 Å². The number of benzene rings is 1. The first kappa shape index (κ1) is 14.5. The van der Waals surface area contributed by atoms with E-state index in [9.17, 15) is 0 Å². The Morgan fingerprint density at radius 1 is 1.24 bits per heavy atom. The second-order valence-corrected chi connectivity index (χ2v) is 7.53. The third-order valence-corrected chi connectivity index (χ3v) is 5.23. The van der Waals surface area contributed by atoms with Gasteiger partial charge in [-0.2, -0.15) is 0 Å². The van der Waals surface area contributed by atoms with E-state index >= 15 is 0 Å². The zero-order valence-electron chi connectivity index (χ0n) is 12.2. The van der Waals surface area contributed by atoms with Crippen LogP contribution in [0.25, 0.3) is 10.2 Å². The minimum absolute atomic E-state index is 0.509. The number of nitrogens with zero attached hydrogens (tertiary/aromatic N) is 2. The highest BCUT2D eigenvalue weighted by molar-refractivity contribution is 7.22. The number of fused-ring (bicyclic) bond motifs is 1. The predicted molar refractivity (Wildman–Crippen MR) is 92.7 cm³/mol. The average molecular weight is 317 g/mol. The topological polar surface area (TPSA) is 42.2 Å². The van der Waals surface area contributed by atoms with Crippen LogP contribution < -0.4 is 5.73 Å². The molecule has 0 saturated carbocycles. The maximum absolute atomic E-state index is 5.78. The fraction of sp³-hybridized carbons (Fsp3) is 0.312. The summed E-state index contributed by atoms with van der Waals surface area (Å²) >= 11 is 3.38. The number of thiazole rings is 1. The lowest BCUT2D eigenvalue weighted by Crippen LogP contribution is -2.29. The molecule has 3 nitrogen and oxygen atoms in total. The lowest BCUT2D eigenvalue weighted by Gasteiger charge is -2.26. The van der Waals surface area contributed by atoms with E-state index in [1.165, 1.54) is 15.1 Å². The van der Waals surface area contributed by atoms with E-state index in [-0.39, 0.29) is 0 Å². The van der Waals surface area contributed by atoms with Crippen LogP contribution in [-0.2, 0) is 13.1 Å². The van der Waals surface area contributed by atoms with E-state index in [0.29, 0.717) is 11.2 Å². The summed E-state index contributed by atoms with van der Waals surface area (Å²) in [6.07, 6.45) is 0. The molecular formula is C16H19N3S2. The van der Waals surface area contributed by atoms with Gasteiger partial charge < -0.3 is 5.73 Å². The van der Waals surface area contributed by atoms with Crippen molar-refractivity contribution in [2.24, 2.45) is 0 Å². The quantitative estimate of drug-likeness (QED) is 0.760. The van der Waals surface area contributed by atoms with Gasteiger partial charge in [-0.1, -0.05) is 23.5 Å². The Hall–Kier alpha value is -1.43. The first-order valence-corrected chi connectivity index (χ1v) is 8.73. The lowest BCUT2D eigenvalue weighted by molar-refractivity contribution is 0.205. The molecular weight excluding hydrogens is 298 g/mol. The number of nitrogen functional groups attached to an aromatic ring is 1. The van der Waals surface area contributed by atoms with Gasteiger partial charge in [-0.15, -0.1) is 11.3 Å². The van der Waals surface area contributed by atoms with Crippen molar-refractivity contribution in [3.8, 4) is 0 Å². The molecule has 21 heavy (non-hydrogen) atoms. The van der Waals surface area contributed by atoms with Crippen molar-refractivity contribution in [2.75, 3.05) is 5.73 Å². The Morgan fingerprint density at radius 2 is 2.10 bits per heavy atom. The molecule has 2 heterocycles. The van der Waals surface area contributed by atoms with E-state index < -0.39 is 0 Å². The maximum atomic E-state index is 5.78. The summed E-state index contributed by atoms with van der Waals surface area (Å²) in [6, 6.07) is 11.3. The number of rotatable bonds is 5. The van der Waals surface area contributed by atoms with Gasteiger partial charge in [0.1, 0.15) is 0 Å². The lowest BCUT2D eigenvalue weighted by atomic mass is 10.1. The minimum atomic E-state index is 0.509. The second kappa shape index (κ2) is 6.13. The summed E-state index contributed by atoms with van der Waals surface area (Å²) in [4.78, 5) is 8.21. The highest BCUT2D eigenvalue weighted by Crippen LogP contribution is 2.26. The Kier molecular flexibility index (Phi) is 4.24. The van der Waals surface area contributed by atoms with Crippen LogP contribution in [0.3, 0.4) is 0 Å². The fourth-order valence-corrected chi connectivity index (χ4v) is 3.87. The monoisotopic (exact) mass is 317 g/mol. The molecule has 2 N–H and O–H groups in total. The van der Waals surface area contributed by atoms with Crippen LogP contribution in [0.15, 0.2) is 35.7 Å². The van der Waals surface area contributed by atoms with Crippen molar-refractivity contribution in [3.05, 3.63) is 46.2 Å². The summed E-state index contributed by atoms with van der Waals surface area (Å²) in [7, 11) is 0. The molecule has 0 unspecified atom stereocenters. The molecule has 2 aromatic heterocycles. The molecule has 0 fully saturated rings. The van der Waals surface area contributed by atoms with E-state index in [2.05, 4.69) is 59.4 Å². The molecule has 0 radical (unpaired) electrons. The summed E-state index contributed by atoms with van der Waals surface area (Å²) in [5.41, 5.74) is 8.09. The van der Waals surface area contributed by atoms with Gasteiger partial charge in [0.25, 0.3) is 0 Å².